The van der Waals surface area contributed by atoms with E-state index in [1.165, 1.54) is 11.1 Å². The number of nitrogens with zero attached hydrogens (tertiary/aromatic N) is 2. The van der Waals surface area contributed by atoms with Gasteiger partial charge in [-0.25, -0.2) is 9.97 Å². The number of benzene rings is 3. The molecule has 148 valence electrons. The molecule has 4 nitrogen and oxygen atoms in total. The Morgan fingerprint density at radius 2 is 1.40 bits per heavy atom. The lowest BCUT2D eigenvalue weighted by Crippen LogP contribution is -2.13. The smallest absolute Gasteiger partial charge is 0.156 e. The van der Waals surface area contributed by atoms with E-state index in [2.05, 4.69) is 66.0 Å². The van der Waals surface area contributed by atoms with Crippen LogP contribution in [0, 0.1) is 0 Å². The number of aromatic nitrogens is 2. The molecule has 0 aliphatic carbocycles. The summed E-state index contributed by atoms with van der Waals surface area (Å²) in [6.07, 6.45) is 3.57. The van der Waals surface area contributed by atoms with Gasteiger partial charge in [0.15, 0.2) is 6.23 Å². The summed E-state index contributed by atoms with van der Waals surface area (Å²) >= 11 is 0. The minimum atomic E-state index is -0.0309. The summed E-state index contributed by atoms with van der Waals surface area (Å²) in [5.41, 5.74) is 5.36. The first kappa shape index (κ1) is 18.5. The molecular weight excluding hydrogens is 370 g/mol. The van der Waals surface area contributed by atoms with Crippen molar-refractivity contribution in [3.8, 4) is 11.3 Å². The zero-order chi connectivity index (χ0) is 20.2. The van der Waals surface area contributed by atoms with Crippen molar-refractivity contribution in [3.05, 3.63) is 114 Å². The Morgan fingerprint density at radius 1 is 0.767 bits per heavy atom. The Labute approximate surface area is 176 Å². The second-order valence-corrected chi connectivity index (χ2v) is 7.51. The zero-order valence-corrected chi connectivity index (χ0v) is 16.6. The second-order valence-electron chi connectivity index (χ2n) is 7.51. The molecule has 1 aliphatic heterocycles. The van der Waals surface area contributed by atoms with Gasteiger partial charge in [0.25, 0.3) is 0 Å². The van der Waals surface area contributed by atoms with Crippen molar-refractivity contribution >= 4 is 5.82 Å². The first-order valence-electron chi connectivity index (χ1n) is 10.3. The van der Waals surface area contributed by atoms with Gasteiger partial charge < -0.3 is 10.1 Å². The van der Waals surface area contributed by atoms with Gasteiger partial charge >= 0.3 is 0 Å². The molecular formula is C26H23N3O. The third-order valence-corrected chi connectivity index (χ3v) is 5.27. The molecule has 1 fully saturated rings. The summed E-state index contributed by atoms with van der Waals surface area (Å²) in [6, 6.07) is 31.0. The van der Waals surface area contributed by atoms with Crippen LogP contribution in [0.4, 0.5) is 5.82 Å². The van der Waals surface area contributed by atoms with E-state index in [-0.39, 0.29) is 12.3 Å². The van der Waals surface area contributed by atoms with E-state index in [9.17, 15) is 0 Å². The van der Waals surface area contributed by atoms with Crippen LogP contribution in [0.1, 0.15) is 16.8 Å². The number of epoxide rings is 1. The van der Waals surface area contributed by atoms with Gasteiger partial charge in [-0.05, 0) is 11.1 Å². The van der Waals surface area contributed by atoms with Crippen LogP contribution in [0.2, 0.25) is 0 Å². The maximum atomic E-state index is 5.87. The van der Waals surface area contributed by atoms with Crippen molar-refractivity contribution in [3.63, 3.8) is 0 Å². The Hall–Kier alpha value is -3.50. The summed E-state index contributed by atoms with van der Waals surface area (Å²) in [6.45, 7) is 0. The third kappa shape index (κ3) is 4.39. The number of hydrogen-bond acceptors (Lipinski definition) is 4. The van der Waals surface area contributed by atoms with Crippen LogP contribution in [-0.4, -0.2) is 22.3 Å². The van der Waals surface area contributed by atoms with Crippen molar-refractivity contribution in [1.29, 1.82) is 0 Å². The van der Waals surface area contributed by atoms with Gasteiger partial charge in [0, 0.05) is 18.4 Å². The Balaban J connectivity index is 1.37. The molecule has 1 aliphatic rings. The lowest BCUT2D eigenvalue weighted by atomic mass is 10.1. The zero-order valence-electron chi connectivity index (χ0n) is 16.6. The van der Waals surface area contributed by atoms with Gasteiger partial charge in [0.2, 0.25) is 0 Å². The van der Waals surface area contributed by atoms with Crippen molar-refractivity contribution < 1.29 is 4.74 Å². The lowest BCUT2D eigenvalue weighted by molar-refractivity contribution is 0.380. The number of anilines is 1. The summed E-state index contributed by atoms with van der Waals surface area (Å²) in [5.74, 6) is 0.791. The van der Waals surface area contributed by atoms with E-state index < -0.39 is 0 Å². The lowest BCUT2D eigenvalue weighted by Gasteiger charge is -2.11. The van der Waals surface area contributed by atoms with E-state index >= 15 is 0 Å². The first-order chi connectivity index (χ1) is 14.8. The quantitative estimate of drug-likeness (QED) is 0.443. The number of rotatable bonds is 7. The highest BCUT2D eigenvalue weighted by atomic mass is 16.6. The topological polar surface area (TPSA) is 50.3 Å². The maximum absolute atomic E-state index is 5.87. The van der Waals surface area contributed by atoms with Gasteiger partial charge in [-0.15, -0.1) is 0 Å². The van der Waals surface area contributed by atoms with E-state index in [1.54, 1.807) is 0 Å². The Kier molecular flexibility index (Phi) is 5.23. The van der Waals surface area contributed by atoms with E-state index in [4.69, 9.17) is 14.7 Å². The monoisotopic (exact) mass is 393 g/mol. The van der Waals surface area contributed by atoms with E-state index in [0.29, 0.717) is 6.42 Å². The predicted molar refractivity (Wildman–Crippen MR) is 119 cm³/mol. The molecule has 0 radical (unpaired) electrons. The van der Waals surface area contributed by atoms with Crippen LogP contribution >= 0.6 is 0 Å². The van der Waals surface area contributed by atoms with Gasteiger partial charge in [-0.3, -0.25) is 0 Å². The number of nitrogens with one attached hydrogen (secondary N) is 1. The Bertz CT molecular complexity index is 1100. The summed E-state index contributed by atoms with van der Waals surface area (Å²) in [7, 11) is 0. The molecule has 3 aromatic carbocycles. The molecule has 2 heterocycles. The summed E-state index contributed by atoms with van der Waals surface area (Å²) in [4.78, 5) is 9.67. The molecule has 4 aromatic rings. The highest BCUT2D eigenvalue weighted by Crippen LogP contribution is 2.29. The first-order valence-corrected chi connectivity index (χ1v) is 10.3. The molecule has 2 unspecified atom stereocenters. The molecule has 30 heavy (non-hydrogen) atoms. The van der Waals surface area contributed by atoms with Crippen LogP contribution in [0.5, 0.6) is 0 Å². The fourth-order valence-corrected chi connectivity index (χ4v) is 3.61. The minimum absolute atomic E-state index is 0.0309. The minimum Gasteiger partial charge on any atom is -0.347 e. The molecule has 5 rings (SSSR count). The van der Waals surface area contributed by atoms with Gasteiger partial charge in [-0.1, -0.05) is 91.0 Å². The molecule has 0 saturated carbocycles. The van der Waals surface area contributed by atoms with Crippen molar-refractivity contribution in [1.82, 2.24) is 9.97 Å². The average Bonchev–Trinajstić information content (AvgIpc) is 3.54. The molecule has 0 amide bonds. The van der Waals surface area contributed by atoms with Gasteiger partial charge in [0.1, 0.15) is 11.9 Å². The summed E-state index contributed by atoms with van der Waals surface area (Å²) in [5, 5.41) is 3.46. The third-order valence-electron chi connectivity index (χ3n) is 5.27. The Morgan fingerprint density at radius 3 is 2.10 bits per heavy atom. The maximum Gasteiger partial charge on any atom is 0.156 e. The van der Waals surface area contributed by atoms with Crippen molar-refractivity contribution in [2.75, 3.05) is 5.32 Å². The molecule has 2 atom stereocenters. The van der Waals surface area contributed by atoms with Gasteiger partial charge in [0.05, 0.1) is 17.6 Å². The normalized spacial score (nSPS) is 17.5. The SMILES string of the molecule is c1ccc(Cc2nc(-c3ccccc3)cnc2NC2OC2Cc2ccccc2)cc1. The van der Waals surface area contributed by atoms with Crippen molar-refractivity contribution in [2.24, 2.45) is 0 Å². The average molecular weight is 393 g/mol. The number of hydrogen-bond donors (Lipinski definition) is 1. The second kappa shape index (κ2) is 8.47. The molecule has 0 bridgehead atoms. The van der Waals surface area contributed by atoms with Crippen LogP contribution in [-0.2, 0) is 17.6 Å². The standard InChI is InChI=1S/C26H23N3O/c1-4-10-19(11-5-1)16-22-25(27-18-23(28-22)21-14-8-3-9-15-21)29-26-24(30-26)17-20-12-6-2-7-13-20/h1-15,18,24,26H,16-17H2,(H,27,29). The molecule has 4 heteroatoms. The van der Waals surface area contributed by atoms with Gasteiger partial charge in [-0.2, -0.15) is 0 Å². The number of ether oxygens (including phenoxy) is 1. The highest BCUT2D eigenvalue weighted by molar-refractivity contribution is 5.60. The summed E-state index contributed by atoms with van der Waals surface area (Å²) < 4.78 is 5.87. The van der Waals surface area contributed by atoms with E-state index in [1.807, 2.05) is 36.5 Å². The fourth-order valence-electron chi connectivity index (χ4n) is 3.61. The molecule has 1 aromatic heterocycles. The predicted octanol–water partition coefficient (Wildman–Crippen LogP) is 5.11. The van der Waals surface area contributed by atoms with Crippen molar-refractivity contribution in [2.45, 2.75) is 25.2 Å². The van der Waals surface area contributed by atoms with E-state index in [0.717, 1.165) is 29.2 Å². The van der Waals surface area contributed by atoms with Crippen LogP contribution in [0.3, 0.4) is 0 Å². The molecule has 1 saturated heterocycles. The van der Waals surface area contributed by atoms with Crippen LogP contribution < -0.4 is 5.32 Å². The van der Waals surface area contributed by atoms with Crippen LogP contribution in [0.25, 0.3) is 11.3 Å². The van der Waals surface area contributed by atoms with Crippen LogP contribution in [0.15, 0.2) is 97.2 Å². The molecule has 0 spiro atoms. The fraction of sp³-hybridized carbons (Fsp3) is 0.154. The highest BCUT2D eigenvalue weighted by Gasteiger charge is 2.39. The largest absolute Gasteiger partial charge is 0.347 e. The molecule has 1 N–H and O–H groups in total.